The summed E-state index contributed by atoms with van der Waals surface area (Å²) in [6.45, 7) is 3.60. The predicted molar refractivity (Wildman–Crippen MR) is 131 cm³/mol. The van der Waals surface area contributed by atoms with Crippen molar-refractivity contribution >= 4 is 58.0 Å². The van der Waals surface area contributed by atoms with E-state index in [4.69, 9.17) is 40.5 Å². The van der Waals surface area contributed by atoms with Gasteiger partial charge in [-0.3, -0.25) is 9.59 Å². The SMILES string of the molecule is C=C/C(=C\C=C(\Cl)CC(=O)Nc1ccc(F)c(N)c1F)NC(=O)C1C(c2cccc(F)c2)C1(Cl)Cl. The number of hydrogen-bond acceptors (Lipinski definition) is 3. The Morgan fingerprint density at radius 3 is 2.51 bits per heavy atom. The Balaban J connectivity index is 1.62. The van der Waals surface area contributed by atoms with Crippen LogP contribution in [0.2, 0.25) is 0 Å². The molecule has 3 rings (SSSR count). The smallest absolute Gasteiger partial charge is 0.231 e. The molecule has 0 bridgehead atoms. The second-order valence-corrected chi connectivity index (χ2v) is 9.59. The summed E-state index contributed by atoms with van der Waals surface area (Å²) in [6.07, 6.45) is 3.71. The summed E-state index contributed by atoms with van der Waals surface area (Å²) in [5.41, 5.74) is 4.98. The molecule has 184 valence electrons. The molecule has 1 aliphatic carbocycles. The lowest BCUT2D eigenvalue weighted by Gasteiger charge is -2.08. The number of nitrogens with one attached hydrogen (secondary N) is 2. The summed E-state index contributed by atoms with van der Waals surface area (Å²) >= 11 is 18.6. The van der Waals surface area contributed by atoms with E-state index in [2.05, 4.69) is 17.2 Å². The van der Waals surface area contributed by atoms with Crippen molar-refractivity contribution in [2.45, 2.75) is 16.7 Å². The zero-order chi connectivity index (χ0) is 25.9. The highest BCUT2D eigenvalue weighted by Gasteiger charge is 2.67. The second-order valence-electron chi connectivity index (χ2n) is 7.66. The number of hydrogen-bond donors (Lipinski definition) is 3. The molecule has 0 aliphatic heterocycles. The molecule has 2 amide bonds. The van der Waals surface area contributed by atoms with Crippen LogP contribution < -0.4 is 16.4 Å². The molecule has 5 nitrogen and oxygen atoms in total. The number of allylic oxidation sites excluding steroid dienone is 3. The highest BCUT2D eigenvalue weighted by Crippen LogP contribution is 2.65. The molecule has 2 unspecified atom stereocenters. The molecule has 4 N–H and O–H groups in total. The van der Waals surface area contributed by atoms with E-state index in [1.54, 1.807) is 6.07 Å². The van der Waals surface area contributed by atoms with Gasteiger partial charge in [0.1, 0.15) is 21.7 Å². The number of anilines is 2. The van der Waals surface area contributed by atoms with Crippen LogP contribution in [0.15, 0.2) is 71.9 Å². The molecule has 11 heteroatoms. The highest BCUT2D eigenvalue weighted by molar-refractivity contribution is 6.53. The van der Waals surface area contributed by atoms with Crippen LogP contribution in [-0.4, -0.2) is 16.1 Å². The van der Waals surface area contributed by atoms with E-state index in [1.807, 2.05) is 0 Å². The lowest BCUT2D eigenvalue weighted by atomic mass is 10.1. The van der Waals surface area contributed by atoms with Crippen LogP contribution >= 0.6 is 34.8 Å². The number of nitrogen functional groups attached to an aromatic ring is 1. The standard InChI is InChI=1S/C24H19Cl3F3N3O2/c1-2-15(32-23(35)20-19(24(20,26)27)12-4-3-5-14(28)10-12)7-6-13(25)11-18(34)33-17-9-8-16(29)22(31)21(17)30/h2-10,19-20H,1,11,31H2,(H,32,35)(H,33,34)/b13-6+,15-7+. The average molecular weight is 545 g/mol. The molecule has 1 aliphatic rings. The number of amides is 2. The summed E-state index contributed by atoms with van der Waals surface area (Å²) in [5.74, 6) is -5.15. The Kier molecular flexibility index (Phi) is 8.20. The van der Waals surface area contributed by atoms with E-state index in [-0.39, 0.29) is 22.8 Å². The number of nitrogens with two attached hydrogens (primary N) is 1. The van der Waals surface area contributed by atoms with Gasteiger partial charge in [0.25, 0.3) is 0 Å². The van der Waals surface area contributed by atoms with Crippen molar-refractivity contribution in [1.29, 1.82) is 0 Å². The molecule has 0 aromatic heterocycles. The molecule has 1 saturated carbocycles. The molecule has 2 aromatic carbocycles. The third kappa shape index (κ3) is 6.20. The van der Waals surface area contributed by atoms with E-state index >= 15 is 0 Å². The maximum Gasteiger partial charge on any atom is 0.231 e. The van der Waals surface area contributed by atoms with Gasteiger partial charge in [-0.15, -0.1) is 23.2 Å². The van der Waals surface area contributed by atoms with E-state index in [1.165, 1.54) is 36.4 Å². The molecule has 0 heterocycles. The fourth-order valence-corrected chi connectivity index (χ4v) is 4.41. The number of carbonyl (C=O) groups is 2. The van der Waals surface area contributed by atoms with Crippen molar-refractivity contribution in [3.05, 3.63) is 94.9 Å². The number of rotatable bonds is 8. The molecule has 35 heavy (non-hydrogen) atoms. The van der Waals surface area contributed by atoms with E-state index < -0.39 is 51.1 Å². The minimum absolute atomic E-state index is 0.0414. The number of halogens is 6. The number of benzene rings is 2. The Bertz CT molecular complexity index is 1250. The lowest BCUT2D eigenvalue weighted by Crippen LogP contribution is -2.25. The van der Waals surface area contributed by atoms with Crippen molar-refractivity contribution in [2.24, 2.45) is 5.92 Å². The summed E-state index contributed by atoms with van der Waals surface area (Å²) in [7, 11) is 0. The van der Waals surface area contributed by atoms with Gasteiger partial charge in [-0.2, -0.15) is 0 Å². The number of carbonyl (C=O) groups excluding carboxylic acids is 2. The van der Waals surface area contributed by atoms with Gasteiger partial charge in [0, 0.05) is 16.6 Å². The van der Waals surface area contributed by atoms with Crippen molar-refractivity contribution in [2.75, 3.05) is 11.1 Å². The molecule has 0 saturated heterocycles. The normalized spacial score (nSPS) is 19.1. The van der Waals surface area contributed by atoms with E-state index in [9.17, 15) is 22.8 Å². The van der Waals surface area contributed by atoms with Gasteiger partial charge >= 0.3 is 0 Å². The molecule has 1 fully saturated rings. The largest absolute Gasteiger partial charge is 0.394 e. The Labute approximate surface area is 214 Å². The maximum absolute atomic E-state index is 13.9. The fraction of sp³-hybridized carbons (Fsp3) is 0.167. The van der Waals surface area contributed by atoms with Crippen LogP contribution in [0.4, 0.5) is 24.5 Å². The first kappa shape index (κ1) is 26.7. The third-order valence-corrected chi connectivity index (χ3v) is 6.41. The Morgan fingerprint density at radius 1 is 1.14 bits per heavy atom. The third-order valence-electron chi connectivity index (χ3n) is 5.21. The fourth-order valence-electron chi connectivity index (χ4n) is 3.40. The second kappa shape index (κ2) is 10.8. The highest BCUT2D eigenvalue weighted by atomic mass is 35.5. The van der Waals surface area contributed by atoms with Crippen molar-refractivity contribution in [3.63, 3.8) is 0 Å². The zero-order valence-corrected chi connectivity index (χ0v) is 20.2. The number of alkyl halides is 2. The molecule has 0 radical (unpaired) electrons. The van der Waals surface area contributed by atoms with Crippen LogP contribution in [-0.2, 0) is 9.59 Å². The molecular formula is C24H19Cl3F3N3O2. The topological polar surface area (TPSA) is 84.2 Å². The quantitative estimate of drug-likeness (QED) is 0.219. The van der Waals surface area contributed by atoms with Gasteiger partial charge < -0.3 is 16.4 Å². The zero-order valence-electron chi connectivity index (χ0n) is 17.9. The van der Waals surface area contributed by atoms with Crippen molar-refractivity contribution in [1.82, 2.24) is 5.32 Å². The van der Waals surface area contributed by atoms with Crippen molar-refractivity contribution < 1.29 is 22.8 Å². The molecule has 2 atom stereocenters. The van der Waals surface area contributed by atoms with Gasteiger partial charge in [0.05, 0.1) is 18.0 Å². The van der Waals surface area contributed by atoms with Gasteiger partial charge in [-0.25, -0.2) is 13.2 Å². The molecular weight excluding hydrogens is 526 g/mol. The van der Waals surface area contributed by atoms with Crippen molar-refractivity contribution in [3.8, 4) is 0 Å². The minimum Gasteiger partial charge on any atom is -0.394 e. The first-order valence-corrected chi connectivity index (χ1v) is 11.2. The monoisotopic (exact) mass is 543 g/mol. The van der Waals surface area contributed by atoms with Crippen LogP contribution in [0.3, 0.4) is 0 Å². The van der Waals surface area contributed by atoms with Crippen LogP contribution in [0.25, 0.3) is 0 Å². The first-order valence-electron chi connectivity index (χ1n) is 10.1. The van der Waals surface area contributed by atoms with Crippen LogP contribution in [0.5, 0.6) is 0 Å². The maximum atomic E-state index is 13.9. The summed E-state index contributed by atoms with van der Waals surface area (Å²) < 4.78 is 39.3. The predicted octanol–water partition coefficient (Wildman–Crippen LogP) is 5.91. The van der Waals surface area contributed by atoms with Gasteiger partial charge in [0.2, 0.25) is 11.8 Å². The van der Waals surface area contributed by atoms with Gasteiger partial charge in [-0.1, -0.05) is 30.3 Å². The van der Waals surface area contributed by atoms with Crippen LogP contribution in [0, 0.1) is 23.4 Å². The van der Waals surface area contributed by atoms with Gasteiger partial charge in [0.15, 0.2) is 5.82 Å². The van der Waals surface area contributed by atoms with E-state index in [0.29, 0.717) is 5.56 Å². The summed E-state index contributed by atoms with van der Waals surface area (Å²) in [4.78, 5) is 24.8. The van der Waals surface area contributed by atoms with Crippen LogP contribution in [0.1, 0.15) is 17.9 Å². The Morgan fingerprint density at radius 2 is 1.86 bits per heavy atom. The summed E-state index contributed by atoms with van der Waals surface area (Å²) in [6, 6.07) is 7.61. The lowest BCUT2D eigenvalue weighted by molar-refractivity contribution is -0.121. The minimum atomic E-state index is -1.41. The molecule has 0 spiro atoms. The van der Waals surface area contributed by atoms with E-state index in [0.717, 1.165) is 12.1 Å². The molecule has 2 aromatic rings. The first-order chi connectivity index (χ1) is 16.4. The Hall–Kier alpha value is -2.94. The van der Waals surface area contributed by atoms with Gasteiger partial charge in [-0.05, 0) is 48.1 Å². The average Bonchev–Trinajstić information content (AvgIpc) is 3.38. The summed E-state index contributed by atoms with van der Waals surface area (Å²) in [5, 5.41) is 4.89.